The van der Waals surface area contributed by atoms with Crippen molar-refractivity contribution in [1.82, 2.24) is 4.98 Å². The van der Waals surface area contributed by atoms with E-state index < -0.39 is 4.92 Å². The molecule has 9 heteroatoms. The number of aromatic nitrogens is 1. The van der Waals surface area contributed by atoms with Gasteiger partial charge in [0.1, 0.15) is 11.6 Å². The Hall–Kier alpha value is -3.30. The molecule has 31 heavy (non-hydrogen) atoms. The molecule has 156 valence electrons. The number of benzene rings is 3. The molecular weight excluding hydrogens is 437 g/mol. The fourth-order valence-corrected chi connectivity index (χ4v) is 4.94. The molecule has 0 atom stereocenters. The predicted octanol–water partition coefficient (Wildman–Crippen LogP) is 6.40. The highest BCUT2D eigenvalue weighted by Crippen LogP contribution is 2.36. The maximum atomic E-state index is 13.0. The van der Waals surface area contributed by atoms with E-state index in [1.807, 2.05) is 18.2 Å². The molecule has 0 amide bonds. The van der Waals surface area contributed by atoms with Crippen LogP contribution >= 0.6 is 23.1 Å². The fraction of sp³-hybridized carbons (Fsp3) is 0.0909. The molecule has 0 radical (unpaired) electrons. The number of halogens is 1. The number of rotatable bonds is 7. The highest BCUT2D eigenvalue weighted by Gasteiger charge is 2.13. The quantitative estimate of drug-likeness (QED) is 0.140. The summed E-state index contributed by atoms with van der Waals surface area (Å²) in [6.45, 7) is 0. The second-order valence-corrected chi connectivity index (χ2v) is 8.74. The van der Waals surface area contributed by atoms with Crippen LogP contribution in [0.1, 0.15) is 11.1 Å². The summed E-state index contributed by atoms with van der Waals surface area (Å²) in [5.41, 5.74) is 3.22. The van der Waals surface area contributed by atoms with Crippen molar-refractivity contribution in [1.29, 1.82) is 0 Å². The smallest absolute Gasteiger partial charge is 0.270 e. The van der Waals surface area contributed by atoms with Crippen molar-refractivity contribution in [2.24, 2.45) is 4.99 Å². The molecule has 3 aromatic carbocycles. The maximum absolute atomic E-state index is 13.0. The van der Waals surface area contributed by atoms with E-state index in [1.165, 1.54) is 47.4 Å². The molecule has 0 saturated carbocycles. The van der Waals surface area contributed by atoms with Crippen LogP contribution in [0.5, 0.6) is 5.75 Å². The van der Waals surface area contributed by atoms with Crippen molar-refractivity contribution >= 4 is 50.9 Å². The number of aliphatic imine (C=N–C) groups is 1. The molecule has 6 nitrogen and oxygen atoms in total. The molecule has 0 saturated heterocycles. The Morgan fingerprint density at radius 3 is 2.74 bits per heavy atom. The molecule has 0 bridgehead atoms. The molecule has 0 fully saturated rings. The Bertz CT molecular complexity index is 1270. The van der Waals surface area contributed by atoms with E-state index in [-0.39, 0.29) is 11.5 Å². The van der Waals surface area contributed by atoms with Gasteiger partial charge in [-0.15, -0.1) is 11.3 Å². The van der Waals surface area contributed by atoms with Crippen molar-refractivity contribution in [2.45, 2.75) is 10.1 Å². The van der Waals surface area contributed by atoms with Crippen LogP contribution in [0.4, 0.5) is 15.8 Å². The summed E-state index contributed by atoms with van der Waals surface area (Å²) in [6, 6.07) is 16.4. The van der Waals surface area contributed by atoms with E-state index in [0.717, 1.165) is 31.4 Å². The lowest BCUT2D eigenvalue weighted by molar-refractivity contribution is -0.384. The topological polar surface area (TPSA) is 77.6 Å². The molecule has 4 aromatic rings. The molecule has 1 aromatic heterocycles. The fourth-order valence-electron chi connectivity index (χ4n) is 2.86. The molecule has 0 aliphatic carbocycles. The summed E-state index contributed by atoms with van der Waals surface area (Å²) in [5, 5.41) is 11.1. The van der Waals surface area contributed by atoms with Gasteiger partial charge in [0.15, 0.2) is 4.34 Å². The third-order valence-corrected chi connectivity index (χ3v) is 6.62. The van der Waals surface area contributed by atoms with Crippen molar-refractivity contribution < 1.29 is 14.1 Å². The zero-order chi connectivity index (χ0) is 21.8. The molecule has 0 aliphatic heterocycles. The van der Waals surface area contributed by atoms with Crippen molar-refractivity contribution in [2.75, 3.05) is 7.11 Å². The highest BCUT2D eigenvalue weighted by molar-refractivity contribution is 8.00. The summed E-state index contributed by atoms with van der Waals surface area (Å²) in [4.78, 5) is 19.7. The number of hydrogen-bond donors (Lipinski definition) is 0. The molecule has 1 heterocycles. The molecule has 0 aliphatic rings. The first-order valence-electron chi connectivity index (χ1n) is 9.16. The molecular formula is C22H16FN3O3S2. The predicted molar refractivity (Wildman–Crippen MR) is 122 cm³/mol. The van der Waals surface area contributed by atoms with Crippen molar-refractivity contribution in [3.05, 3.63) is 87.7 Å². The minimum absolute atomic E-state index is 0.0318. The number of thioether (sulfide) groups is 1. The molecule has 4 rings (SSSR count). The summed E-state index contributed by atoms with van der Waals surface area (Å²) < 4.78 is 20.2. The Labute approximate surface area is 185 Å². The SMILES string of the molecule is COc1ccc([N+](=O)[O-])cc1CSc1nc2ccc(N=Cc3ccc(F)cc3)cc2s1. The second-order valence-electron chi connectivity index (χ2n) is 6.48. The number of non-ortho nitro benzene ring substituents is 1. The van der Waals surface area contributed by atoms with Crippen LogP contribution < -0.4 is 4.74 Å². The van der Waals surface area contributed by atoms with Crippen molar-refractivity contribution in [3.63, 3.8) is 0 Å². The van der Waals surface area contributed by atoms with Gasteiger partial charge in [0.25, 0.3) is 5.69 Å². The van der Waals surface area contributed by atoms with E-state index in [0.29, 0.717) is 11.5 Å². The zero-order valence-corrected chi connectivity index (χ0v) is 18.0. The van der Waals surface area contributed by atoms with E-state index in [1.54, 1.807) is 31.5 Å². The van der Waals surface area contributed by atoms with E-state index in [9.17, 15) is 14.5 Å². The summed E-state index contributed by atoms with van der Waals surface area (Å²) in [7, 11) is 1.54. The van der Waals surface area contributed by atoms with Crippen LogP contribution in [-0.4, -0.2) is 23.2 Å². The minimum atomic E-state index is -0.417. The summed E-state index contributed by atoms with van der Waals surface area (Å²) >= 11 is 3.03. The van der Waals surface area contributed by atoms with Gasteiger partial charge in [0.2, 0.25) is 0 Å². The van der Waals surface area contributed by atoms with Crippen LogP contribution in [0, 0.1) is 15.9 Å². The Morgan fingerprint density at radius 1 is 1.19 bits per heavy atom. The van der Waals surface area contributed by atoms with Crippen LogP contribution in [-0.2, 0) is 5.75 Å². The molecule has 0 unspecified atom stereocenters. The molecule has 0 N–H and O–H groups in total. The second kappa shape index (κ2) is 9.23. The first-order chi connectivity index (χ1) is 15.0. The lowest BCUT2D eigenvalue weighted by Crippen LogP contribution is -1.94. The average Bonchev–Trinajstić information content (AvgIpc) is 3.19. The molecule has 0 spiro atoms. The maximum Gasteiger partial charge on any atom is 0.270 e. The lowest BCUT2D eigenvalue weighted by atomic mass is 10.2. The van der Waals surface area contributed by atoms with Gasteiger partial charge in [0.05, 0.1) is 27.9 Å². The van der Waals surface area contributed by atoms with Gasteiger partial charge < -0.3 is 4.74 Å². The normalized spacial score (nSPS) is 11.3. The number of nitrogens with zero attached hydrogens (tertiary/aromatic N) is 3. The number of thiazole rings is 1. The van der Waals surface area contributed by atoms with Gasteiger partial charge >= 0.3 is 0 Å². The van der Waals surface area contributed by atoms with Crippen LogP contribution in [0.25, 0.3) is 10.2 Å². The monoisotopic (exact) mass is 453 g/mol. The van der Waals surface area contributed by atoms with Crippen LogP contribution in [0.2, 0.25) is 0 Å². The zero-order valence-electron chi connectivity index (χ0n) is 16.3. The number of nitro benzene ring substituents is 1. The van der Waals surface area contributed by atoms with Crippen LogP contribution in [0.15, 0.2) is 70.0 Å². The van der Waals surface area contributed by atoms with Gasteiger partial charge in [-0.1, -0.05) is 23.9 Å². The largest absolute Gasteiger partial charge is 0.496 e. The van der Waals surface area contributed by atoms with E-state index in [2.05, 4.69) is 9.98 Å². The van der Waals surface area contributed by atoms with E-state index >= 15 is 0 Å². The minimum Gasteiger partial charge on any atom is -0.496 e. The standard InChI is InChI=1S/C22H16FN3O3S2/c1-29-20-9-7-18(26(27)28)10-15(20)13-30-22-25-19-8-6-17(11-21(19)31-22)24-12-14-2-4-16(23)5-3-14/h2-12H,13H2,1H3. The number of methoxy groups -OCH3 is 1. The third kappa shape index (κ3) is 5.07. The number of fused-ring (bicyclic) bond motifs is 1. The number of hydrogen-bond acceptors (Lipinski definition) is 7. The average molecular weight is 454 g/mol. The van der Waals surface area contributed by atoms with Gasteiger partial charge in [-0.05, 0) is 42.0 Å². The van der Waals surface area contributed by atoms with Gasteiger partial charge in [0, 0.05) is 29.7 Å². The Balaban J connectivity index is 1.50. The highest BCUT2D eigenvalue weighted by atomic mass is 32.2. The number of ether oxygens (including phenoxy) is 1. The van der Waals surface area contributed by atoms with Gasteiger partial charge in [-0.25, -0.2) is 9.37 Å². The Kier molecular flexibility index (Phi) is 6.24. The van der Waals surface area contributed by atoms with Crippen molar-refractivity contribution in [3.8, 4) is 5.75 Å². The van der Waals surface area contributed by atoms with Gasteiger partial charge in [-0.3, -0.25) is 15.1 Å². The van der Waals surface area contributed by atoms with E-state index in [4.69, 9.17) is 4.74 Å². The number of nitro groups is 1. The Morgan fingerprint density at radius 2 is 2.00 bits per heavy atom. The summed E-state index contributed by atoms with van der Waals surface area (Å²) in [6.07, 6.45) is 1.69. The van der Waals surface area contributed by atoms with Gasteiger partial charge in [-0.2, -0.15) is 0 Å². The first kappa shape index (κ1) is 21.0. The summed E-state index contributed by atoms with van der Waals surface area (Å²) in [5.74, 6) is 0.827. The third-order valence-electron chi connectivity index (χ3n) is 4.41. The lowest BCUT2D eigenvalue weighted by Gasteiger charge is -2.06. The van der Waals surface area contributed by atoms with Crippen LogP contribution in [0.3, 0.4) is 0 Å². The first-order valence-corrected chi connectivity index (χ1v) is 11.0.